The zero-order valence-electron chi connectivity index (χ0n) is 15.1. The molecule has 1 aliphatic heterocycles. The van der Waals surface area contributed by atoms with Gasteiger partial charge in [-0.15, -0.1) is 0 Å². The van der Waals surface area contributed by atoms with Crippen LogP contribution in [0.1, 0.15) is 68.1 Å². The van der Waals surface area contributed by atoms with E-state index in [2.05, 4.69) is 17.1 Å². The Morgan fingerprint density at radius 1 is 1.42 bits per heavy atom. The Hall–Kier alpha value is -1.36. The average molecular weight is 331 g/mol. The van der Waals surface area contributed by atoms with Crippen LogP contribution in [-0.2, 0) is 0 Å². The normalized spacial score (nSPS) is 25.7. The molecule has 5 nitrogen and oxygen atoms in total. The van der Waals surface area contributed by atoms with Gasteiger partial charge in [0.05, 0.1) is 0 Å². The predicted molar refractivity (Wildman–Crippen MR) is 91.9 cm³/mol. The molecular weight excluding hydrogens is 302 g/mol. The molecule has 0 N–H and O–H groups in total. The summed E-state index contributed by atoms with van der Waals surface area (Å²) in [5, 5.41) is 3.97. The lowest BCUT2D eigenvalue weighted by Crippen LogP contribution is -2.40. The van der Waals surface area contributed by atoms with Crippen LogP contribution in [0.15, 0.2) is 10.6 Å². The summed E-state index contributed by atoms with van der Waals surface area (Å²) in [5.74, 6) is 1.93. The van der Waals surface area contributed by atoms with Crippen molar-refractivity contribution in [2.24, 2.45) is 11.3 Å². The van der Waals surface area contributed by atoms with Gasteiger partial charge in [0, 0.05) is 37.7 Å². The highest BCUT2D eigenvalue weighted by atomic mass is 16.5. The van der Waals surface area contributed by atoms with Crippen LogP contribution in [0.3, 0.4) is 0 Å². The van der Waals surface area contributed by atoms with Gasteiger partial charge in [-0.3, -0.25) is 4.79 Å². The van der Waals surface area contributed by atoms with Crippen molar-refractivity contribution in [3.8, 4) is 0 Å². The summed E-state index contributed by atoms with van der Waals surface area (Å²) < 4.78 is 5.28. The lowest BCUT2D eigenvalue weighted by atomic mass is 9.90. The van der Waals surface area contributed by atoms with Crippen LogP contribution in [0, 0.1) is 11.3 Å². The third-order valence-electron chi connectivity index (χ3n) is 6.40. The highest BCUT2D eigenvalue weighted by Gasteiger charge is 2.55. The van der Waals surface area contributed by atoms with Crippen LogP contribution < -0.4 is 0 Å². The first-order valence-electron chi connectivity index (χ1n) is 9.45. The van der Waals surface area contributed by atoms with Crippen molar-refractivity contribution in [1.29, 1.82) is 0 Å². The van der Waals surface area contributed by atoms with E-state index in [0.717, 1.165) is 43.7 Å². The molecule has 3 aliphatic rings. The van der Waals surface area contributed by atoms with Gasteiger partial charge in [0.2, 0.25) is 0 Å². The number of likely N-dealkylation sites (tertiary alicyclic amines) is 1. The number of hydrogen-bond acceptors (Lipinski definition) is 4. The van der Waals surface area contributed by atoms with Crippen LogP contribution in [0.25, 0.3) is 0 Å². The standard InChI is InChI=1S/C19H29N3O2/c1-13(2)17-10-16(20-24-17)18(23)22-8-6-19(7-9-22)11-14(19)12-21(3)15-4-5-15/h10,13-15H,4-9,11-12H2,1-3H3/t14-/m0/s1. The van der Waals surface area contributed by atoms with E-state index in [4.69, 9.17) is 4.52 Å². The van der Waals surface area contributed by atoms with Gasteiger partial charge in [-0.2, -0.15) is 0 Å². The summed E-state index contributed by atoms with van der Waals surface area (Å²) >= 11 is 0. The quantitative estimate of drug-likeness (QED) is 0.832. The van der Waals surface area contributed by atoms with E-state index in [9.17, 15) is 4.79 Å². The molecule has 24 heavy (non-hydrogen) atoms. The molecule has 0 unspecified atom stereocenters. The molecule has 1 spiro atoms. The second kappa shape index (κ2) is 5.87. The molecule has 3 fully saturated rings. The zero-order chi connectivity index (χ0) is 16.9. The van der Waals surface area contributed by atoms with E-state index >= 15 is 0 Å². The molecule has 1 saturated heterocycles. The molecule has 0 aromatic carbocycles. The number of aromatic nitrogens is 1. The summed E-state index contributed by atoms with van der Waals surface area (Å²) in [6.45, 7) is 7.08. The smallest absolute Gasteiger partial charge is 0.276 e. The summed E-state index contributed by atoms with van der Waals surface area (Å²) in [4.78, 5) is 17.1. The molecule has 1 amide bonds. The Labute approximate surface area is 144 Å². The summed E-state index contributed by atoms with van der Waals surface area (Å²) in [6, 6.07) is 2.66. The lowest BCUT2D eigenvalue weighted by molar-refractivity contribution is 0.0654. The summed E-state index contributed by atoms with van der Waals surface area (Å²) in [7, 11) is 2.28. The molecule has 2 aliphatic carbocycles. The molecular formula is C19H29N3O2. The molecule has 1 atom stereocenters. The maximum Gasteiger partial charge on any atom is 0.276 e. The van der Waals surface area contributed by atoms with Crippen LogP contribution in [0.5, 0.6) is 0 Å². The Morgan fingerprint density at radius 3 is 2.71 bits per heavy atom. The van der Waals surface area contributed by atoms with Gasteiger partial charge in [0.25, 0.3) is 5.91 Å². The summed E-state index contributed by atoms with van der Waals surface area (Å²) in [6.07, 6.45) is 6.42. The molecule has 0 radical (unpaired) electrons. The van der Waals surface area contributed by atoms with E-state index in [1.807, 2.05) is 24.8 Å². The lowest BCUT2D eigenvalue weighted by Gasteiger charge is -2.33. The first kappa shape index (κ1) is 16.1. The van der Waals surface area contributed by atoms with Gasteiger partial charge in [-0.05, 0) is 50.5 Å². The Morgan fingerprint density at radius 2 is 2.12 bits per heavy atom. The average Bonchev–Trinajstić information content (AvgIpc) is 3.46. The first-order chi connectivity index (χ1) is 11.5. The van der Waals surface area contributed by atoms with Crippen molar-refractivity contribution >= 4 is 5.91 Å². The van der Waals surface area contributed by atoms with Crippen LogP contribution in [-0.4, -0.2) is 53.6 Å². The minimum absolute atomic E-state index is 0.0350. The molecule has 2 saturated carbocycles. The first-order valence-corrected chi connectivity index (χ1v) is 9.45. The maximum atomic E-state index is 12.6. The van der Waals surface area contributed by atoms with E-state index < -0.39 is 0 Å². The number of carbonyl (C=O) groups excluding carboxylic acids is 1. The number of amides is 1. The fraction of sp³-hybridized carbons (Fsp3) is 0.789. The number of piperidine rings is 1. The SMILES string of the molecule is CC(C)c1cc(C(=O)N2CCC3(CC2)C[C@H]3CN(C)C2CC2)no1. The second-order valence-corrected chi connectivity index (χ2v) is 8.50. The van der Waals surface area contributed by atoms with Crippen LogP contribution >= 0.6 is 0 Å². The fourth-order valence-electron chi connectivity index (χ4n) is 4.29. The number of nitrogens with zero attached hydrogens (tertiary/aromatic N) is 3. The van der Waals surface area contributed by atoms with Gasteiger partial charge >= 0.3 is 0 Å². The van der Waals surface area contributed by atoms with Gasteiger partial charge in [0.1, 0.15) is 5.76 Å². The molecule has 1 aromatic heterocycles. The zero-order valence-corrected chi connectivity index (χ0v) is 15.1. The Balaban J connectivity index is 1.30. The predicted octanol–water partition coefficient (Wildman–Crippen LogP) is 3.13. The fourth-order valence-corrected chi connectivity index (χ4v) is 4.29. The highest BCUT2D eigenvalue weighted by molar-refractivity contribution is 5.92. The number of hydrogen-bond donors (Lipinski definition) is 0. The third kappa shape index (κ3) is 2.99. The minimum atomic E-state index is 0.0350. The molecule has 1 aromatic rings. The molecule has 132 valence electrons. The van der Waals surface area contributed by atoms with Crippen molar-refractivity contribution in [3.63, 3.8) is 0 Å². The largest absolute Gasteiger partial charge is 0.360 e. The van der Waals surface area contributed by atoms with Gasteiger partial charge in [0.15, 0.2) is 5.69 Å². The van der Waals surface area contributed by atoms with E-state index in [1.54, 1.807) is 0 Å². The van der Waals surface area contributed by atoms with E-state index in [-0.39, 0.29) is 11.8 Å². The topological polar surface area (TPSA) is 49.6 Å². The molecule has 5 heteroatoms. The van der Waals surface area contributed by atoms with E-state index in [1.165, 1.54) is 25.8 Å². The van der Waals surface area contributed by atoms with Crippen molar-refractivity contribution in [3.05, 3.63) is 17.5 Å². The molecule has 0 bridgehead atoms. The van der Waals surface area contributed by atoms with Gasteiger partial charge < -0.3 is 14.3 Å². The van der Waals surface area contributed by atoms with Crippen LogP contribution in [0.2, 0.25) is 0 Å². The van der Waals surface area contributed by atoms with Crippen molar-refractivity contribution < 1.29 is 9.32 Å². The van der Waals surface area contributed by atoms with Crippen LogP contribution in [0.4, 0.5) is 0 Å². The number of rotatable bonds is 5. The summed E-state index contributed by atoms with van der Waals surface area (Å²) in [5.41, 5.74) is 0.989. The number of carbonyl (C=O) groups is 1. The monoisotopic (exact) mass is 331 g/mol. The van der Waals surface area contributed by atoms with Crippen molar-refractivity contribution in [2.45, 2.75) is 57.9 Å². The second-order valence-electron chi connectivity index (χ2n) is 8.50. The van der Waals surface area contributed by atoms with Gasteiger partial charge in [-0.25, -0.2) is 0 Å². The Bertz CT molecular complexity index is 612. The molecule has 2 heterocycles. The molecule has 4 rings (SSSR count). The highest BCUT2D eigenvalue weighted by Crippen LogP contribution is 2.59. The third-order valence-corrected chi connectivity index (χ3v) is 6.40. The van der Waals surface area contributed by atoms with Gasteiger partial charge in [-0.1, -0.05) is 19.0 Å². The maximum absolute atomic E-state index is 12.6. The Kier molecular flexibility index (Phi) is 3.94. The van der Waals surface area contributed by atoms with E-state index in [0.29, 0.717) is 11.1 Å². The minimum Gasteiger partial charge on any atom is -0.360 e. The van der Waals surface area contributed by atoms with Crippen molar-refractivity contribution in [1.82, 2.24) is 15.0 Å². The van der Waals surface area contributed by atoms with Crippen molar-refractivity contribution in [2.75, 3.05) is 26.7 Å².